The van der Waals surface area contributed by atoms with Crippen molar-refractivity contribution in [1.82, 2.24) is 10.6 Å². The number of hydrogen-bond donors (Lipinski definition) is 2. The molecule has 1 atom stereocenters. The quantitative estimate of drug-likeness (QED) is 0.780. The Kier molecular flexibility index (Phi) is 4.92. The molecule has 2 saturated heterocycles. The van der Waals surface area contributed by atoms with Crippen molar-refractivity contribution in [3.8, 4) is 0 Å². The summed E-state index contributed by atoms with van der Waals surface area (Å²) in [6, 6.07) is 0. The SMILES string of the molecule is CSC1(CNC(=O)C(C)C2CNC2)CCOCC1. The lowest BCUT2D eigenvalue weighted by atomic mass is 9.88. The Morgan fingerprint density at radius 1 is 1.50 bits per heavy atom. The summed E-state index contributed by atoms with van der Waals surface area (Å²) >= 11 is 1.87. The summed E-state index contributed by atoms with van der Waals surface area (Å²) in [5, 5.41) is 6.37. The van der Waals surface area contributed by atoms with Crippen LogP contribution in [0.25, 0.3) is 0 Å². The Morgan fingerprint density at radius 3 is 2.67 bits per heavy atom. The summed E-state index contributed by atoms with van der Waals surface area (Å²) in [6.07, 6.45) is 4.21. The minimum Gasteiger partial charge on any atom is -0.381 e. The van der Waals surface area contributed by atoms with Gasteiger partial charge >= 0.3 is 0 Å². The van der Waals surface area contributed by atoms with Gasteiger partial charge in [-0.2, -0.15) is 11.8 Å². The van der Waals surface area contributed by atoms with Crippen molar-refractivity contribution in [3.05, 3.63) is 0 Å². The van der Waals surface area contributed by atoms with Gasteiger partial charge in [-0.3, -0.25) is 4.79 Å². The monoisotopic (exact) mass is 272 g/mol. The summed E-state index contributed by atoms with van der Waals surface area (Å²) in [7, 11) is 0. The zero-order valence-electron chi connectivity index (χ0n) is 11.3. The molecule has 4 nitrogen and oxygen atoms in total. The predicted octanol–water partition coefficient (Wildman–Crippen LogP) is 0.870. The van der Waals surface area contributed by atoms with E-state index in [4.69, 9.17) is 4.74 Å². The van der Waals surface area contributed by atoms with Crippen molar-refractivity contribution < 1.29 is 9.53 Å². The van der Waals surface area contributed by atoms with E-state index in [0.717, 1.165) is 45.7 Å². The maximum Gasteiger partial charge on any atom is 0.223 e. The van der Waals surface area contributed by atoms with E-state index in [9.17, 15) is 4.79 Å². The van der Waals surface area contributed by atoms with Crippen molar-refractivity contribution in [3.63, 3.8) is 0 Å². The Balaban J connectivity index is 1.79. The van der Waals surface area contributed by atoms with Gasteiger partial charge in [0, 0.05) is 30.4 Å². The molecule has 0 spiro atoms. The average molecular weight is 272 g/mol. The molecular formula is C13H24N2O2S. The van der Waals surface area contributed by atoms with E-state index in [-0.39, 0.29) is 16.6 Å². The van der Waals surface area contributed by atoms with E-state index in [0.29, 0.717) is 5.92 Å². The standard InChI is InChI=1S/C13H24N2O2S/c1-10(11-7-14-8-11)12(16)15-9-13(18-2)3-5-17-6-4-13/h10-11,14H,3-9H2,1-2H3,(H,15,16). The van der Waals surface area contributed by atoms with Gasteiger partial charge in [0.1, 0.15) is 0 Å². The first-order valence-electron chi connectivity index (χ1n) is 6.78. The molecule has 0 aromatic heterocycles. The van der Waals surface area contributed by atoms with Crippen LogP contribution in [0.4, 0.5) is 0 Å². The summed E-state index contributed by atoms with van der Waals surface area (Å²) in [6.45, 7) is 6.42. The predicted molar refractivity (Wildman–Crippen MR) is 74.8 cm³/mol. The van der Waals surface area contributed by atoms with Gasteiger partial charge in [0.15, 0.2) is 0 Å². The third-order valence-corrected chi connectivity index (χ3v) is 5.77. The van der Waals surface area contributed by atoms with Crippen molar-refractivity contribution >= 4 is 17.7 Å². The molecule has 0 aromatic carbocycles. The highest BCUT2D eigenvalue weighted by Gasteiger charge is 2.34. The molecule has 104 valence electrons. The van der Waals surface area contributed by atoms with Gasteiger partial charge in [-0.25, -0.2) is 0 Å². The summed E-state index contributed by atoms with van der Waals surface area (Å²) in [5.74, 6) is 0.858. The van der Waals surface area contributed by atoms with E-state index < -0.39 is 0 Å². The molecule has 0 bridgehead atoms. The number of hydrogen-bond acceptors (Lipinski definition) is 4. The molecule has 0 aliphatic carbocycles. The fraction of sp³-hybridized carbons (Fsp3) is 0.923. The first-order valence-corrected chi connectivity index (χ1v) is 8.01. The van der Waals surface area contributed by atoms with Crippen LogP contribution in [0.5, 0.6) is 0 Å². The van der Waals surface area contributed by atoms with Crippen LogP contribution < -0.4 is 10.6 Å². The molecular weight excluding hydrogens is 248 g/mol. The molecule has 0 aromatic rings. The molecule has 2 aliphatic rings. The van der Waals surface area contributed by atoms with Crippen LogP contribution in [-0.2, 0) is 9.53 Å². The Morgan fingerprint density at radius 2 is 2.17 bits per heavy atom. The lowest BCUT2D eigenvalue weighted by Gasteiger charge is -2.37. The van der Waals surface area contributed by atoms with Crippen molar-refractivity contribution in [2.45, 2.75) is 24.5 Å². The Bertz CT molecular complexity index is 289. The molecule has 5 heteroatoms. The summed E-state index contributed by atoms with van der Waals surface area (Å²) in [5.41, 5.74) is 0. The normalized spacial score (nSPS) is 25.2. The van der Waals surface area contributed by atoms with Crippen molar-refractivity contribution in [2.24, 2.45) is 11.8 Å². The minimum atomic E-state index is 0.130. The van der Waals surface area contributed by atoms with E-state index in [1.807, 2.05) is 18.7 Å². The van der Waals surface area contributed by atoms with E-state index >= 15 is 0 Å². The maximum absolute atomic E-state index is 12.1. The molecule has 0 saturated carbocycles. The highest BCUT2D eigenvalue weighted by atomic mass is 32.2. The van der Waals surface area contributed by atoms with Crippen LogP contribution >= 0.6 is 11.8 Å². The number of ether oxygens (including phenoxy) is 1. The first-order chi connectivity index (χ1) is 8.67. The molecule has 2 fully saturated rings. The first kappa shape index (κ1) is 14.2. The second kappa shape index (κ2) is 6.26. The van der Waals surface area contributed by atoms with Crippen LogP contribution in [0.3, 0.4) is 0 Å². The van der Waals surface area contributed by atoms with Gasteiger partial charge in [0.25, 0.3) is 0 Å². The third-order valence-electron chi connectivity index (χ3n) is 4.36. The highest BCUT2D eigenvalue weighted by Crippen LogP contribution is 2.33. The number of rotatable bonds is 5. The number of thioether (sulfide) groups is 1. The van der Waals surface area contributed by atoms with Crippen molar-refractivity contribution in [1.29, 1.82) is 0 Å². The second-order valence-electron chi connectivity index (χ2n) is 5.42. The van der Waals surface area contributed by atoms with Gasteiger partial charge in [-0.05, 0) is 38.1 Å². The van der Waals surface area contributed by atoms with E-state index in [2.05, 4.69) is 16.9 Å². The number of carbonyl (C=O) groups is 1. The van der Waals surface area contributed by atoms with Gasteiger partial charge < -0.3 is 15.4 Å². The number of amides is 1. The smallest absolute Gasteiger partial charge is 0.223 e. The van der Waals surface area contributed by atoms with Crippen LogP contribution in [-0.4, -0.2) is 49.8 Å². The summed E-state index contributed by atoms with van der Waals surface area (Å²) < 4.78 is 5.60. The van der Waals surface area contributed by atoms with Crippen LogP contribution in [0, 0.1) is 11.8 Å². The van der Waals surface area contributed by atoms with Crippen LogP contribution in [0.15, 0.2) is 0 Å². The summed E-state index contributed by atoms with van der Waals surface area (Å²) in [4.78, 5) is 12.1. The number of carbonyl (C=O) groups excluding carboxylic acids is 1. The zero-order valence-corrected chi connectivity index (χ0v) is 12.1. The molecule has 1 amide bonds. The van der Waals surface area contributed by atoms with E-state index in [1.54, 1.807) is 0 Å². The molecule has 2 rings (SSSR count). The molecule has 2 aliphatic heterocycles. The Hall–Kier alpha value is -0.260. The fourth-order valence-corrected chi connectivity index (χ4v) is 3.28. The van der Waals surface area contributed by atoms with Crippen LogP contribution in [0.1, 0.15) is 19.8 Å². The van der Waals surface area contributed by atoms with Gasteiger partial charge in [-0.15, -0.1) is 0 Å². The number of nitrogens with one attached hydrogen (secondary N) is 2. The minimum absolute atomic E-state index is 0.130. The topological polar surface area (TPSA) is 50.4 Å². The highest BCUT2D eigenvalue weighted by molar-refractivity contribution is 8.00. The molecule has 2 N–H and O–H groups in total. The lowest BCUT2D eigenvalue weighted by Crippen LogP contribution is -2.51. The zero-order chi connectivity index (χ0) is 13.0. The molecule has 1 unspecified atom stereocenters. The third kappa shape index (κ3) is 3.19. The van der Waals surface area contributed by atoms with Crippen molar-refractivity contribution in [2.75, 3.05) is 39.1 Å². The lowest BCUT2D eigenvalue weighted by molar-refractivity contribution is -0.126. The van der Waals surface area contributed by atoms with Crippen LogP contribution in [0.2, 0.25) is 0 Å². The van der Waals surface area contributed by atoms with Gasteiger partial charge in [0.2, 0.25) is 5.91 Å². The second-order valence-corrected chi connectivity index (χ2v) is 6.70. The van der Waals surface area contributed by atoms with Gasteiger partial charge in [0.05, 0.1) is 0 Å². The van der Waals surface area contributed by atoms with Gasteiger partial charge in [-0.1, -0.05) is 6.92 Å². The maximum atomic E-state index is 12.1. The average Bonchev–Trinajstić information content (AvgIpc) is 2.35. The molecule has 18 heavy (non-hydrogen) atoms. The largest absolute Gasteiger partial charge is 0.381 e. The van der Waals surface area contributed by atoms with E-state index in [1.165, 1.54) is 0 Å². The molecule has 0 radical (unpaired) electrons. The fourth-order valence-electron chi connectivity index (χ4n) is 2.48. The Labute approximate surface area is 114 Å². The molecule has 2 heterocycles.